The zero-order chi connectivity index (χ0) is 10.4. The zero-order valence-corrected chi connectivity index (χ0v) is 11.8. The van der Waals surface area contributed by atoms with Crippen molar-refractivity contribution in [3.63, 3.8) is 0 Å². The third-order valence-electron chi connectivity index (χ3n) is 1.83. The minimum absolute atomic E-state index is 0. The van der Waals surface area contributed by atoms with Gasteiger partial charge < -0.3 is 10.6 Å². The lowest BCUT2D eigenvalue weighted by molar-refractivity contribution is 0.866. The van der Waals surface area contributed by atoms with E-state index in [4.69, 9.17) is 11.6 Å². The van der Waals surface area contributed by atoms with Crippen LogP contribution in [0.25, 0.3) is 0 Å². The first kappa shape index (κ1) is 14.5. The van der Waals surface area contributed by atoms with Gasteiger partial charge in [-0.2, -0.15) is 0 Å². The van der Waals surface area contributed by atoms with Gasteiger partial charge in [-0.3, -0.25) is 4.99 Å². The molecule has 1 aromatic carbocycles. The van der Waals surface area contributed by atoms with Crippen LogP contribution < -0.4 is 10.6 Å². The average molecular weight is 340 g/mol. The van der Waals surface area contributed by atoms with E-state index in [0.29, 0.717) is 0 Å². The highest BCUT2D eigenvalue weighted by atomic mass is 127. The number of benzene rings is 1. The second-order valence-electron chi connectivity index (χ2n) is 2.80. The molecule has 2 N–H and O–H groups in total. The van der Waals surface area contributed by atoms with E-state index in [1.165, 1.54) is 5.56 Å². The molecule has 84 valence electrons. The normalized spacial score (nSPS) is 10.5. The van der Waals surface area contributed by atoms with Gasteiger partial charge in [-0.05, 0) is 17.7 Å². The van der Waals surface area contributed by atoms with Crippen molar-refractivity contribution in [2.24, 2.45) is 4.99 Å². The molecule has 0 heterocycles. The van der Waals surface area contributed by atoms with Gasteiger partial charge in [0.15, 0.2) is 5.96 Å². The molecule has 0 atom stereocenters. The Morgan fingerprint density at radius 3 is 2.40 bits per heavy atom. The molecule has 15 heavy (non-hydrogen) atoms. The number of rotatable bonds is 2. The van der Waals surface area contributed by atoms with Crippen molar-refractivity contribution in [3.05, 3.63) is 34.9 Å². The van der Waals surface area contributed by atoms with E-state index in [1.807, 2.05) is 31.3 Å². The predicted octanol–water partition coefficient (Wildman–Crippen LogP) is 2.25. The largest absolute Gasteiger partial charge is 0.359 e. The molecule has 0 bridgehead atoms. The van der Waals surface area contributed by atoms with E-state index in [9.17, 15) is 0 Å². The van der Waals surface area contributed by atoms with Crippen LogP contribution in [0.15, 0.2) is 29.3 Å². The van der Waals surface area contributed by atoms with Crippen molar-refractivity contribution in [3.8, 4) is 0 Å². The second kappa shape index (κ2) is 7.76. The van der Waals surface area contributed by atoms with Gasteiger partial charge >= 0.3 is 0 Å². The fraction of sp³-hybridized carbons (Fsp3) is 0.300. The van der Waals surface area contributed by atoms with Crippen LogP contribution in [-0.2, 0) is 6.54 Å². The van der Waals surface area contributed by atoms with Gasteiger partial charge in [0.05, 0.1) is 0 Å². The molecular formula is C10H15ClIN3. The molecule has 0 aliphatic heterocycles. The Morgan fingerprint density at radius 2 is 1.93 bits per heavy atom. The maximum absolute atomic E-state index is 5.77. The van der Waals surface area contributed by atoms with Crippen molar-refractivity contribution < 1.29 is 0 Å². The summed E-state index contributed by atoms with van der Waals surface area (Å²) in [5.74, 6) is 0.778. The van der Waals surface area contributed by atoms with Crippen molar-refractivity contribution in [2.45, 2.75) is 6.54 Å². The van der Waals surface area contributed by atoms with Crippen LogP contribution in [0.5, 0.6) is 0 Å². The maximum Gasteiger partial charge on any atom is 0.190 e. The summed E-state index contributed by atoms with van der Waals surface area (Å²) in [7, 11) is 3.57. The first-order chi connectivity index (χ1) is 6.76. The summed E-state index contributed by atoms with van der Waals surface area (Å²) in [4.78, 5) is 4.01. The molecule has 0 saturated heterocycles. The Morgan fingerprint density at radius 1 is 1.33 bits per heavy atom. The van der Waals surface area contributed by atoms with Crippen molar-refractivity contribution >= 4 is 41.5 Å². The molecule has 0 radical (unpaired) electrons. The number of nitrogens with zero attached hydrogens (tertiary/aromatic N) is 1. The van der Waals surface area contributed by atoms with Crippen LogP contribution in [0.2, 0.25) is 5.02 Å². The summed E-state index contributed by atoms with van der Waals surface area (Å²) in [6.07, 6.45) is 0. The molecule has 5 heteroatoms. The van der Waals surface area contributed by atoms with E-state index in [1.54, 1.807) is 7.05 Å². The molecule has 0 aliphatic carbocycles. The smallest absolute Gasteiger partial charge is 0.190 e. The molecule has 0 unspecified atom stereocenters. The third-order valence-corrected chi connectivity index (χ3v) is 2.09. The fourth-order valence-electron chi connectivity index (χ4n) is 1.07. The highest BCUT2D eigenvalue weighted by Gasteiger charge is 1.94. The van der Waals surface area contributed by atoms with Crippen LogP contribution in [0.3, 0.4) is 0 Å². The fourth-order valence-corrected chi connectivity index (χ4v) is 1.19. The van der Waals surface area contributed by atoms with E-state index < -0.39 is 0 Å². The van der Waals surface area contributed by atoms with Crippen molar-refractivity contribution in [1.29, 1.82) is 0 Å². The van der Waals surface area contributed by atoms with E-state index in [2.05, 4.69) is 15.6 Å². The van der Waals surface area contributed by atoms with Gasteiger partial charge in [0.1, 0.15) is 0 Å². The lowest BCUT2D eigenvalue weighted by atomic mass is 10.2. The van der Waals surface area contributed by atoms with Crippen LogP contribution in [0.1, 0.15) is 5.56 Å². The maximum atomic E-state index is 5.77. The number of hydrogen-bond donors (Lipinski definition) is 2. The minimum atomic E-state index is 0. The number of aliphatic imine (C=N–C) groups is 1. The van der Waals surface area contributed by atoms with Crippen LogP contribution >= 0.6 is 35.6 Å². The first-order valence-electron chi connectivity index (χ1n) is 4.39. The van der Waals surface area contributed by atoms with Gasteiger partial charge in [-0.25, -0.2) is 0 Å². The van der Waals surface area contributed by atoms with Crippen molar-refractivity contribution in [1.82, 2.24) is 10.6 Å². The number of halogens is 2. The van der Waals surface area contributed by atoms with E-state index in [-0.39, 0.29) is 24.0 Å². The molecular weight excluding hydrogens is 324 g/mol. The summed E-state index contributed by atoms with van der Waals surface area (Å²) in [6, 6.07) is 7.72. The molecule has 0 aromatic heterocycles. The third kappa shape index (κ3) is 5.22. The van der Waals surface area contributed by atoms with Gasteiger partial charge in [-0.1, -0.05) is 23.7 Å². The number of guanidine groups is 1. The molecule has 1 rings (SSSR count). The van der Waals surface area contributed by atoms with Crippen molar-refractivity contribution in [2.75, 3.05) is 14.1 Å². The van der Waals surface area contributed by atoms with Gasteiger partial charge in [-0.15, -0.1) is 24.0 Å². The zero-order valence-electron chi connectivity index (χ0n) is 8.75. The van der Waals surface area contributed by atoms with Crippen LogP contribution in [0.4, 0.5) is 0 Å². The molecule has 0 amide bonds. The Kier molecular flexibility index (Phi) is 7.50. The number of nitrogens with one attached hydrogen (secondary N) is 2. The average Bonchev–Trinajstić information content (AvgIpc) is 2.22. The highest BCUT2D eigenvalue weighted by molar-refractivity contribution is 14.0. The Hall–Kier alpha value is -0.490. The van der Waals surface area contributed by atoms with Gasteiger partial charge in [0, 0.05) is 25.7 Å². The summed E-state index contributed by atoms with van der Waals surface area (Å²) >= 11 is 5.77. The Labute approximate surface area is 112 Å². The van der Waals surface area contributed by atoms with E-state index in [0.717, 1.165) is 17.5 Å². The molecule has 0 saturated carbocycles. The Balaban J connectivity index is 0.00000196. The molecule has 3 nitrogen and oxygen atoms in total. The Bertz CT molecular complexity index is 311. The summed E-state index contributed by atoms with van der Waals surface area (Å²) in [5.41, 5.74) is 1.17. The quantitative estimate of drug-likeness (QED) is 0.493. The molecule has 0 fully saturated rings. The lowest BCUT2D eigenvalue weighted by Gasteiger charge is -2.08. The summed E-state index contributed by atoms with van der Waals surface area (Å²) in [6.45, 7) is 0.741. The SMILES string of the molecule is CN=C(NC)NCc1ccc(Cl)cc1.I. The number of hydrogen-bond acceptors (Lipinski definition) is 1. The lowest BCUT2D eigenvalue weighted by Crippen LogP contribution is -2.33. The second-order valence-corrected chi connectivity index (χ2v) is 3.24. The van der Waals surface area contributed by atoms with E-state index >= 15 is 0 Å². The van der Waals surface area contributed by atoms with Crippen LogP contribution in [-0.4, -0.2) is 20.1 Å². The first-order valence-corrected chi connectivity index (χ1v) is 4.77. The predicted molar refractivity (Wildman–Crippen MR) is 76.1 cm³/mol. The van der Waals surface area contributed by atoms with Gasteiger partial charge in [0.2, 0.25) is 0 Å². The molecule has 1 aromatic rings. The summed E-state index contributed by atoms with van der Waals surface area (Å²) in [5, 5.41) is 6.85. The topological polar surface area (TPSA) is 36.4 Å². The summed E-state index contributed by atoms with van der Waals surface area (Å²) < 4.78 is 0. The molecule has 0 aliphatic rings. The minimum Gasteiger partial charge on any atom is -0.359 e. The van der Waals surface area contributed by atoms with Gasteiger partial charge in [0.25, 0.3) is 0 Å². The highest BCUT2D eigenvalue weighted by Crippen LogP contribution is 2.08. The van der Waals surface area contributed by atoms with Crippen LogP contribution in [0, 0.1) is 0 Å². The monoisotopic (exact) mass is 339 g/mol. The molecule has 0 spiro atoms. The standard InChI is InChI=1S/C10H14ClN3.HI/c1-12-10(13-2)14-7-8-3-5-9(11)6-4-8;/h3-6H,7H2,1-2H3,(H2,12,13,14);1H.